The lowest BCUT2D eigenvalue weighted by Crippen LogP contribution is -2.35. The summed E-state index contributed by atoms with van der Waals surface area (Å²) in [5.74, 6) is -3.47. The van der Waals surface area contributed by atoms with E-state index >= 15 is 0 Å². The molecular formula is C19H30NO6+. The fourth-order valence-corrected chi connectivity index (χ4v) is 2.37. The van der Waals surface area contributed by atoms with E-state index in [2.05, 4.69) is 0 Å². The molecule has 0 aromatic rings. The molecule has 0 spiro atoms. The van der Waals surface area contributed by atoms with Gasteiger partial charge in [0.25, 0.3) is 0 Å². The molecule has 0 saturated carbocycles. The Bertz CT molecular complexity index is 635. The van der Waals surface area contributed by atoms with Crippen LogP contribution in [0.15, 0.2) is 34.4 Å². The SMILES string of the molecule is CCC(=CC(C=C(CCC[N+](C)(C)C)C(=O)O)=C(CC)C(=O)O)C(=O)O. The van der Waals surface area contributed by atoms with Gasteiger partial charge in [0, 0.05) is 23.1 Å². The lowest BCUT2D eigenvalue weighted by Gasteiger charge is -2.23. The van der Waals surface area contributed by atoms with Crippen molar-refractivity contribution in [2.45, 2.75) is 39.5 Å². The first-order valence-electron chi connectivity index (χ1n) is 8.57. The molecule has 0 aliphatic carbocycles. The summed E-state index contributed by atoms with van der Waals surface area (Å²) >= 11 is 0. The average molecular weight is 368 g/mol. The molecule has 26 heavy (non-hydrogen) atoms. The third-order valence-electron chi connectivity index (χ3n) is 3.82. The van der Waals surface area contributed by atoms with Crippen molar-refractivity contribution < 1.29 is 34.2 Å². The van der Waals surface area contributed by atoms with Crippen LogP contribution in [-0.4, -0.2) is 65.4 Å². The quantitative estimate of drug-likeness (QED) is 0.294. The van der Waals surface area contributed by atoms with Crippen LogP contribution >= 0.6 is 0 Å². The number of nitrogens with zero attached hydrogens (tertiary/aromatic N) is 1. The topological polar surface area (TPSA) is 112 Å². The standard InChI is InChI=1S/C19H29NO6/c1-6-13(17(21)22)11-15(16(7-2)19(25)26)12-14(18(23)24)9-8-10-20(3,4)5/h11-12H,6-10H2,1-5H3,(H2-,21,22,23,24,25,26)/p+1. The molecule has 0 unspecified atom stereocenters. The Hall–Kier alpha value is -2.41. The number of quaternary nitrogens is 1. The Morgan fingerprint density at radius 2 is 1.31 bits per heavy atom. The fraction of sp³-hybridized carbons (Fsp3) is 0.526. The first-order valence-corrected chi connectivity index (χ1v) is 8.57. The molecule has 0 aromatic heterocycles. The second-order valence-electron chi connectivity index (χ2n) is 7.01. The van der Waals surface area contributed by atoms with Crippen LogP contribution in [0.2, 0.25) is 0 Å². The summed E-state index contributed by atoms with van der Waals surface area (Å²) in [7, 11) is 5.99. The van der Waals surface area contributed by atoms with Gasteiger partial charge < -0.3 is 19.8 Å². The number of rotatable bonds is 11. The summed E-state index contributed by atoms with van der Waals surface area (Å²) in [4.78, 5) is 34.3. The smallest absolute Gasteiger partial charge is 0.332 e. The third kappa shape index (κ3) is 8.62. The maximum Gasteiger partial charge on any atom is 0.332 e. The summed E-state index contributed by atoms with van der Waals surface area (Å²) in [6.45, 7) is 4.04. The van der Waals surface area contributed by atoms with Gasteiger partial charge >= 0.3 is 17.9 Å². The first kappa shape index (κ1) is 23.6. The van der Waals surface area contributed by atoms with E-state index in [1.54, 1.807) is 13.8 Å². The molecule has 0 heterocycles. The monoisotopic (exact) mass is 368 g/mol. The van der Waals surface area contributed by atoms with E-state index in [0.717, 1.165) is 6.54 Å². The maximum atomic E-state index is 11.6. The number of hydrogen-bond donors (Lipinski definition) is 3. The summed E-state index contributed by atoms with van der Waals surface area (Å²) in [6, 6.07) is 0. The molecule has 0 amide bonds. The molecule has 0 atom stereocenters. The Labute approximate surface area is 154 Å². The Kier molecular flexibility index (Phi) is 9.57. The highest BCUT2D eigenvalue weighted by Crippen LogP contribution is 2.20. The van der Waals surface area contributed by atoms with E-state index in [-0.39, 0.29) is 41.6 Å². The van der Waals surface area contributed by atoms with Gasteiger partial charge in [-0.15, -0.1) is 0 Å². The van der Waals surface area contributed by atoms with Crippen LogP contribution in [0, 0.1) is 0 Å². The lowest BCUT2D eigenvalue weighted by atomic mass is 9.98. The molecule has 7 nitrogen and oxygen atoms in total. The van der Waals surface area contributed by atoms with Crippen LogP contribution < -0.4 is 0 Å². The van der Waals surface area contributed by atoms with E-state index in [0.29, 0.717) is 10.9 Å². The number of carboxylic acids is 3. The molecule has 3 N–H and O–H groups in total. The van der Waals surface area contributed by atoms with E-state index < -0.39 is 17.9 Å². The highest BCUT2D eigenvalue weighted by Gasteiger charge is 2.16. The molecule has 146 valence electrons. The molecule has 0 aliphatic rings. The Morgan fingerprint density at radius 3 is 1.65 bits per heavy atom. The zero-order valence-electron chi connectivity index (χ0n) is 16.2. The summed E-state index contributed by atoms with van der Waals surface area (Å²) in [6.07, 6.45) is 3.80. The summed E-state index contributed by atoms with van der Waals surface area (Å²) in [5, 5.41) is 28.1. The molecule has 0 bridgehead atoms. The van der Waals surface area contributed by atoms with Crippen LogP contribution in [0.3, 0.4) is 0 Å². The van der Waals surface area contributed by atoms with Gasteiger partial charge in [0.2, 0.25) is 0 Å². The Balaban J connectivity index is 6.06. The second kappa shape index (κ2) is 10.6. The van der Waals surface area contributed by atoms with Crippen LogP contribution in [0.1, 0.15) is 39.5 Å². The van der Waals surface area contributed by atoms with E-state index in [1.165, 1.54) is 12.2 Å². The van der Waals surface area contributed by atoms with Gasteiger partial charge in [-0.25, -0.2) is 14.4 Å². The molecule has 0 fully saturated rings. The van der Waals surface area contributed by atoms with Crippen molar-refractivity contribution in [3.8, 4) is 0 Å². The van der Waals surface area contributed by atoms with Crippen LogP contribution in [0.5, 0.6) is 0 Å². The van der Waals surface area contributed by atoms with Gasteiger partial charge in [0.15, 0.2) is 0 Å². The largest absolute Gasteiger partial charge is 0.478 e. The number of aliphatic carboxylic acids is 3. The van der Waals surface area contributed by atoms with E-state index in [4.69, 9.17) is 0 Å². The van der Waals surface area contributed by atoms with Crippen molar-refractivity contribution in [3.05, 3.63) is 34.4 Å². The minimum Gasteiger partial charge on any atom is -0.478 e. The molecule has 7 heteroatoms. The zero-order valence-corrected chi connectivity index (χ0v) is 16.2. The third-order valence-corrected chi connectivity index (χ3v) is 3.82. The van der Waals surface area contributed by atoms with Gasteiger partial charge in [-0.05, 0) is 37.0 Å². The number of carboxylic acid groups (broad SMARTS) is 3. The van der Waals surface area contributed by atoms with Gasteiger partial charge in [-0.1, -0.05) is 13.8 Å². The van der Waals surface area contributed by atoms with Crippen molar-refractivity contribution in [1.29, 1.82) is 0 Å². The van der Waals surface area contributed by atoms with Crippen LogP contribution in [0.4, 0.5) is 0 Å². The molecule has 0 rings (SSSR count). The normalized spacial score (nSPS) is 14.0. The van der Waals surface area contributed by atoms with Crippen molar-refractivity contribution in [2.24, 2.45) is 0 Å². The van der Waals surface area contributed by atoms with Crippen molar-refractivity contribution >= 4 is 17.9 Å². The van der Waals surface area contributed by atoms with Gasteiger partial charge in [-0.3, -0.25) is 0 Å². The minimum absolute atomic E-state index is 0.0115. The highest BCUT2D eigenvalue weighted by atomic mass is 16.4. The average Bonchev–Trinajstić information content (AvgIpc) is 2.49. The lowest BCUT2D eigenvalue weighted by molar-refractivity contribution is -0.870. The number of allylic oxidation sites excluding steroid dienone is 3. The minimum atomic E-state index is -1.19. The molecular weight excluding hydrogens is 338 g/mol. The second-order valence-corrected chi connectivity index (χ2v) is 7.01. The maximum absolute atomic E-state index is 11.6. The van der Waals surface area contributed by atoms with E-state index in [1.807, 2.05) is 21.1 Å². The summed E-state index contributed by atoms with van der Waals surface area (Å²) in [5.41, 5.74) is 0.210. The molecule has 0 aliphatic heterocycles. The summed E-state index contributed by atoms with van der Waals surface area (Å²) < 4.78 is 0.684. The van der Waals surface area contributed by atoms with Gasteiger partial charge in [0.05, 0.1) is 27.7 Å². The molecule has 0 saturated heterocycles. The van der Waals surface area contributed by atoms with Gasteiger partial charge in [-0.2, -0.15) is 0 Å². The predicted octanol–water partition coefficient (Wildman–Crippen LogP) is 2.70. The molecule has 0 aromatic carbocycles. The fourth-order valence-electron chi connectivity index (χ4n) is 2.37. The number of hydrogen-bond acceptors (Lipinski definition) is 3. The molecule has 0 radical (unpaired) electrons. The first-order chi connectivity index (χ1) is 11.9. The predicted molar refractivity (Wildman–Crippen MR) is 98.8 cm³/mol. The number of carbonyl (C=O) groups is 3. The van der Waals surface area contributed by atoms with Gasteiger partial charge in [0.1, 0.15) is 0 Å². The highest BCUT2D eigenvalue weighted by molar-refractivity contribution is 5.93. The zero-order chi connectivity index (χ0) is 20.5. The van der Waals surface area contributed by atoms with Crippen molar-refractivity contribution in [1.82, 2.24) is 0 Å². The van der Waals surface area contributed by atoms with E-state index in [9.17, 15) is 29.7 Å². The van der Waals surface area contributed by atoms with Crippen LogP contribution in [-0.2, 0) is 14.4 Å². The van der Waals surface area contributed by atoms with Crippen molar-refractivity contribution in [3.63, 3.8) is 0 Å². The van der Waals surface area contributed by atoms with Crippen LogP contribution in [0.25, 0.3) is 0 Å². The Morgan fingerprint density at radius 1 is 0.808 bits per heavy atom. The van der Waals surface area contributed by atoms with Crippen molar-refractivity contribution in [2.75, 3.05) is 27.7 Å².